The van der Waals surface area contributed by atoms with Gasteiger partial charge in [-0.1, -0.05) is 0 Å². The highest BCUT2D eigenvalue weighted by molar-refractivity contribution is 6.22. The molecule has 0 aromatic carbocycles. The van der Waals surface area contributed by atoms with Crippen molar-refractivity contribution >= 4 is 17.6 Å². The minimum atomic E-state index is -6.51. The van der Waals surface area contributed by atoms with E-state index in [0.717, 1.165) is 0 Å². The van der Waals surface area contributed by atoms with E-state index in [1.54, 1.807) is 0 Å². The number of alkyl halides is 9. The van der Waals surface area contributed by atoms with Crippen molar-refractivity contribution < 1.29 is 44.7 Å². The van der Waals surface area contributed by atoms with Crippen molar-refractivity contribution in [1.29, 1.82) is 0 Å². The predicted octanol–water partition coefficient (Wildman–Crippen LogP) is 4.19. The summed E-state index contributed by atoms with van der Waals surface area (Å²) in [6.45, 7) is 0. The fourth-order valence-corrected chi connectivity index (χ4v) is 3.61. The molecule has 2 aliphatic carbocycles. The molecule has 0 radical (unpaired) electrons. The lowest BCUT2D eigenvalue weighted by atomic mass is 9.84. The molecular formula is C12H7ClF8O2. The van der Waals surface area contributed by atoms with Gasteiger partial charge in [0, 0.05) is 11.5 Å². The van der Waals surface area contributed by atoms with Crippen LogP contribution in [0.1, 0.15) is 12.8 Å². The Morgan fingerprint density at radius 1 is 0.913 bits per heavy atom. The number of hydrogen-bond donors (Lipinski definition) is 0. The third-order valence-corrected chi connectivity index (χ3v) is 4.81. The molecule has 0 unspecified atom stereocenters. The zero-order chi connectivity index (χ0) is 17.6. The number of carbonyl (C=O) groups excluding carboxylic acids is 1. The van der Waals surface area contributed by atoms with Crippen LogP contribution in [0.2, 0.25) is 0 Å². The van der Waals surface area contributed by atoms with E-state index < -0.39 is 58.2 Å². The average Bonchev–Trinajstić information content (AvgIpc) is 2.98. The van der Waals surface area contributed by atoms with Gasteiger partial charge in [0.15, 0.2) is 0 Å². The van der Waals surface area contributed by atoms with Gasteiger partial charge in [0.25, 0.3) is 0 Å². The van der Waals surface area contributed by atoms with Gasteiger partial charge in [0.1, 0.15) is 5.76 Å². The highest BCUT2D eigenvalue weighted by Gasteiger charge is 2.82. The fourth-order valence-electron chi connectivity index (χ4n) is 3.49. The Morgan fingerprint density at radius 3 is 1.96 bits per heavy atom. The second-order valence-corrected chi connectivity index (χ2v) is 6.28. The van der Waals surface area contributed by atoms with Crippen molar-refractivity contribution in [2.75, 3.05) is 0 Å². The monoisotopic (exact) mass is 370 g/mol. The molecule has 0 spiro atoms. The van der Waals surface area contributed by atoms with Crippen LogP contribution >= 0.6 is 11.6 Å². The first-order valence-electron chi connectivity index (χ1n) is 6.40. The maximum atomic E-state index is 14.1. The van der Waals surface area contributed by atoms with Crippen molar-refractivity contribution in [1.82, 2.24) is 0 Å². The van der Waals surface area contributed by atoms with Crippen molar-refractivity contribution in [3.8, 4) is 0 Å². The third-order valence-electron chi connectivity index (χ3n) is 4.57. The Morgan fingerprint density at radius 2 is 1.43 bits per heavy atom. The van der Waals surface area contributed by atoms with Gasteiger partial charge in [-0.3, -0.25) is 4.79 Å². The van der Waals surface area contributed by atoms with E-state index in [9.17, 15) is 39.9 Å². The highest BCUT2D eigenvalue weighted by atomic mass is 35.5. The molecule has 2 bridgehead atoms. The summed E-state index contributed by atoms with van der Waals surface area (Å²) >= 11 is 3.90. The van der Waals surface area contributed by atoms with E-state index in [4.69, 9.17) is 0 Å². The van der Waals surface area contributed by atoms with Crippen LogP contribution in [0.3, 0.4) is 0 Å². The molecule has 1 aliphatic heterocycles. The molecule has 0 N–H and O–H groups in total. The predicted molar refractivity (Wildman–Crippen MR) is 58.5 cm³/mol. The molecule has 2 nitrogen and oxygen atoms in total. The quantitative estimate of drug-likeness (QED) is 0.421. The van der Waals surface area contributed by atoms with Gasteiger partial charge < -0.3 is 4.74 Å². The first kappa shape index (κ1) is 16.8. The van der Waals surface area contributed by atoms with Gasteiger partial charge in [0.2, 0.25) is 0 Å². The number of carbonyl (C=O) groups is 1. The lowest BCUT2D eigenvalue weighted by molar-refractivity contribution is -0.339. The average molecular weight is 371 g/mol. The first-order valence-corrected chi connectivity index (χ1v) is 6.77. The lowest BCUT2D eigenvalue weighted by Gasteiger charge is -2.36. The largest absolute Gasteiger partial charge is 0.430 e. The summed E-state index contributed by atoms with van der Waals surface area (Å²) in [5.41, 5.74) is -1.50. The summed E-state index contributed by atoms with van der Waals surface area (Å²) < 4.78 is 111. The summed E-state index contributed by atoms with van der Waals surface area (Å²) in [4.78, 5) is 11.4. The van der Waals surface area contributed by atoms with E-state index in [2.05, 4.69) is 16.3 Å². The van der Waals surface area contributed by atoms with E-state index in [1.807, 2.05) is 0 Å². The van der Waals surface area contributed by atoms with Gasteiger partial charge in [-0.15, -0.1) is 0 Å². The lowest BCUT2D eigenvalue weighted by Crippen LogP contribution is -2.61. The molecule has 3 atom stereocenters. The van der Waals surface area contributed by atoms with Crippen LogP contribution in [0, 0.1) is 17.8 Å². The maximum absolute atomic E-state index is 14.1. The fraction of sp³-hybridized carbons (Fsp3) is 0.750. The van der Waals surface area contributed by atoms with Crippen LogP contribution in [0.5, 0.6) is 0 Å². The molecule has 23 heavy (non-hydrogen) atoms. The Kier molecular flexibility index (Phi) is 3.15. The number of esters is 1. The molecule has 1 saturated heterocycles. The van der Waals surface area contributed by atoms with Gasteiger partial charge in [-0.2, -0.15) is 35.1 Å². The van der Waals surface area contributed by atoms with Crippen molar-refractivity contribution in [3.63, 3.8) is 0 Å². The first-order chi connectivity index (χ1) is 10.2. The number of halogens is 9. The summed E-state index contributed by atoms with van der Waals surface area (Å²) in [5, 5.41) is -5.89. The van der Waals surface area contributed by atoms with E-state index in [-0.39, 0.29) is 12.8 Å². The molecule has 1 saturated carbocycles. The SMILES string of the molecule is O=C1OC2=C(C(F)(F)C(F)(F)C(F)(F)C(F)(F)Cl)[C@@H]3C[C@H]1[C@H]2C3. The molecule has 0 aromatic heterocycles. The Balaban J connectivity index is 2.08. The Labute approximate surface area is 128 Å². The van der Waals surface area contributed by atoms with Crippen LogP contribution in [0.15, 0.2) is 11.3 Å². The standard InChI is InChI=1S/C12H7ClF8O2/c13-12(20,21)11(18,19)10(16,17)9(14,15)6-3-1-4-5(2-3)8(22)23-7(4)6/h3-5H,1-2H2/t3-,4+,5-/m0/s1. The minimum absolute atomic E-state index is 0.143. The Bertz CT molecular complexity index is 609. The molecule has 2 fully saturated rings. The molecule has 3 rings (SSSR count). The van der Waals surface area contributed by atoms with Crippen LogP contribution in [-0.2, 0) is 9.53 Å². The van der Waals surface area contributed by atoms with Crippen molar-refractivity contribution in [3.05, 3.63) is 11.3 Å². The van der Waals surface area contributed by atoms with E-state index in [1.165, 1.54) is 0 Å². The normalized spacial score (nSPS) is 31.2. The number of rotatable bonds is 4. The third kappa shape index (κ3) is 1.84. The van der Waals surface area contributed by atoms with Gasteiger partial charge in [-0.05, 0) is 30.4 Å². The van der Waals surface area contributed by atoms with Crippen LogP contribution in [0.4, 0.5) is 35.1 Å². The molecule has 1 heterocycles. The smallest absolute Gasteiger partial charge is 0.393 e. The maximum Gasteiger partial charge on any atom is 0.393 e. The molecule has 0 aromatic rings. The summed E-state index contributed by atoms with van der Waals surface area (Å²) in [6.07, 6.45) is -0.410. The summed E-state index contributed by atoms with van der Waals surface area (Å²) in [7, 11) is 0. The number of hydrogen-bond acceptors (Lipinski definition) is 2. The highest BCUT2D eigenvalue weighted by Crippen LogP contribution is 2.65. The number of allylic oxidation sites excluding steroid dienone is 2. The molecule has 0 amide bonds. The van der Waals surface area contributed by atoms with E-state index >= 15 is 0 Å². The van der Waals surface area contributed by atoms with Gasteiger partial charge in [0.05, 0.1) is 5.92 Å². The second kappa shape index (κ2) is 4.31. The molecule has 3 aliphatic rings. The zero-order valence-corrected chi connectivity index (χ0v) is 11.6. The number of fused-ring (bicyclic) bond motifs is 1. The Hall–Kier alpha value is -1.06. The molecule has 130 valence electrons. The van der Waals surface area contributed by atoms with Gasteiger partial charge >= 0.3 is 29.1 Å². The molecular weight excluding hydrogens is 364 g/mol. The van der Waals surface area contributed by atoms with Crippen LogP contribution in [-0.4, -0.2) is 29.1 Å². The molecule has 11 heteroatoms. The second-order valence-electron chi connectivity index (χ2n) is 5.80. The van der Waals surface area contributed by atoms with Crippen LogP contribution < -0.4 is 0 Å². The summed E-state index contributed by atoms with van der Waals surface area (Å²) in [6, 6.07) is 0. The minimum Gasteiger partial charge on any atom is -0.430 e. The van der Waals surface area contributed by atoms with Crippen molar-refractivity contribution in [2.24, 2.45) is 17.8 Å². The number of ether oxygens (including phenoxy) is 1. The zero-order valence-electron chi connectivity index (χ0n) is 10.9. The topological polar surface area (TPSA) is 26.3 Å². The summed E-state index contributed by atoms with van der Waals surface area (Å²) in [5.74, 6) is -23.3. The van der Waals surface area contributed by atoms with Gasteiger partial charge in [-0.25, -0.2) is 0 Å². The van der Waals surface area contributed by atoms with E-state index in [0.29, 0.717) is 0 Å². The van der Waals surface area contributed by atoms with Crippen LogP contribution in [0.25, 0.3) is 0 Å². The van der Waals surface area contributed by atoms with Crippen molar-refractivity contribution in [2.45, 2.75) is 36.0 Å².